The lowest BCUT2D eigenvalue weighted by Crippen LogP contribution is -2.45. The quantitative estimate of drug-likeness (QED) is 0.916. The van der Waals surface area contributed by atoms with E-state index in [-0.39, 0.29) is 11.9 Å². The van der Waals surface area contributed by atoms with E-state index < -0.39 is 10.0 Å². The molecule has 7 heteroatoms. The standard InChI is InChI=1S/C12H18N2O3S2/c1-9-3-4-12(18-9)19(16,17)13-11-5-7-14(8-6-11)10(2)15/h3-4,11,13H,5-8H2,1-2H3. The minimum absolute atomic E-state index is 0.0511. The SMILES string of the molecule is CC(=O)N1CCC(NS(=O)(=O)c2ccc(C)s2)CC1. The Morgan fingerprint density at radius 3 is 2.47 bits per heavy atom. The van der Waals surface area contributed by atoms with Crippen LogP contribution in [0.25, 0.3) is 0 Å². The monoisotopic (exact) mass is 302 g/mol. The average molecular weight is 302 g/mol. The molecule has 0 unspecified atom stereocenters. The second-order valence-corrected chi connectivity index (χ2v) is 8.00. The van der Waals surface area contributed by atoms with Gasteiger partial charge in [0.05, 0.1) is 0 Å². The molecule has 0 aliphatic carbocycles. The average Bonchev–Trinajstić information content (AvgIpc) is 2.77. The molecule has 1 N–H and O–H groups in total. The molecule has 0 spiro atoms. The number of carbonyl (C=O) groups is 1. The summed E-state index contributed by atoms with van der Waals surface area (Å²) in [6.45, 7) is 4.66. The summed E-state index contributed by atoms with van der Waals surface area (Å²) >= 11 is 1.27. The third-order valence-corrected chi connectivity index (χ3v) is 6.26. The second kappa shape index (κ2) is 5.60. The van der Waals surface area contributed by atoms with Gasteiger partial charge in [-0.1, -0.05) is 0 Å². The van der Waals surface area contributed by atoms with Crippen molar-refractivity contribution in [2.75, 3.05) is 13.1 Å². The Morgan fingerprint density at radius 2 is 2.00 bits per heavy atom. The highest BCUT2D eigenvalue weighted by atomic mass is 32.2. The highest BCUT2D eigenvalue weighted by Crippen LogP contribution is 2.22. The lowest BCUT2D eigenvalue weighted by Gasteiger charge is -2.31. The van der Waals surface area contributed by atoms with E-state index in [9.17, 15) is 13.2 Å². The molecule has 0 saturated carbocycles. The van der Waals surface area contributed by atoms with E-state index in [2.05, 4.69) is 4.72 Å². The molecule has 1 saturated heterocycles. The Kier molecular flexibility index (Phi) is 4.27. The molecule has 1 aliphatic rings. The van der Waals surface area contributed by atoms with Crippen molar-refractivity contribution in [1.29, 1.82) is 0 Å². The first-order valence-corrected chi connectivity index (χ1v) is 8.53. The van der Waals surface area contributed by atoms with Crippen molar-refractivity contribution in [1.82, 2.24) is 9.62 Å². The van der Waals surface area contributed by atoms with E-state index in [1.54, 1.807) is 24.0 Å². The maximum Gasteiger partial charge on any atom is 0.250 e. The van der Waals surface area contributed by atoms with Crippen molar-refractivity contribution < 1.29 is 13.2 Å². The molecule has 5 nitrogen and oxygen atoms in total. The highest BCUT2D eigenvalue weighted by molar-refractivity contribution is 7.91. The van der Waals surface area contributed by atoms with Gasteiger partial charge in [0.2, 0.25) is 15.9 Å². The molecule has 0 atom stereocenters. The largest absolute Gasteiger partial charge is 0.343 e. The van der Waals surface area contributed by atoms with E-state index in [4.69, 9.17) is 0 Å². The topological polar surface area (TPSA) is 66.5 Å². The van der Waals surface area contributed by atoms with Crippen LogP contribution in [-0.2, 0) is 14.8 Å². The number of aryl methyl sites for hydroxylation is 1. The lowest BCUT2D eigenvalue weighted by molar-refractivity contribution is -0.129. The number of nitrogens with one attached hydrogen (secondary N) is 1. The summed E-state index contributed by atoms with van der Waals surface area (Å²) in [4.78, 5) is 13.9. The first-order valence-electron chi connectivity index (χ1n) is 6.23. The van der Waals surface area contributed by atoms with Gasteiger partial charge in [-0.3, -0.25) is 4.79 Å². The summed E-state index contributed by atoms with van der Waals surface area (Å²) in [7, 11) is -3.41. The number of amides is 1. The van der Waals surface area contributed by atoms with E-state index in [0.29, 0.717) is 30.1 Å². The molecule has 0 aromatic carbocycles. The minimum atomic E-state index is -3.41. The van der Waals surface area contributed by atoms with Gasteiger partial charge in [0.1, 0.15) is 4.21 Å². The zero-order valence-electron chi connectivity index (χ0n) is 11.0. The summed E-state index contributed by atoms with van der Waals surface area (Å²) in [5.41, 5.74) is 0. The predicted molar refractivity (Wildman–Crippen MR) is 74.7 cm³/mol. The molecule has 19 heavy (non-hydrogen) atoms. The number of thiophene rings is 1. The Hall–Kier alpha value is -0.920. The van der Waals surface area contributed by atoms with Gasteiger partial charge < -0.3 is 4.90 Å². The first-order chi connectivity index (χ1) is 8.88. The smallest absolute Gasteiger partial charge is 0.250 e. The van der Waals surface area contributed by atoms with Gasteiger partial charge in [0.25, 0.3) is 0 Å². The number of likely N-dealkylation sites (tertiary alicyclic amines) is 1. The van der Waals surface area contributed by atoms with E-state index in [0.717, 1.165) is 4.88 Å². The third-order valence-electron chi connectivity index (χ3n) is 3.24. The molecule has 1 fully saturated rings. The van der Waals surface area contributed by atoms with Crippen molar-refractivity contribution in [2.24, 2.45) is 0 Å². The van der Waals surface area contributed by atoms with Crippen LogP contribution in [0.2, 0.25) is 0 Å². The van der Waals surface area contributed by atoms with Crippen LogP contribution in [0.3, 0.4) is 0 Å². The van der Waals surface area contributed by atoms with Gasteiger partial charge in [-0.25, -0.2) is 13.1 Å². The predicted octanol–water partition coefficient (Wildman–Crippen LogP) is 1.35. The summed E-state index contributed by atoms with van der Waals surface area (Å²) in [6, 6.07) is 3.35. The van der Waals surface area contributed by atoms with Crippen molar-refractivity contribution in [3.63, 3.8) is 0 Å². The summed E-state index contributed by atoms with van der Waals surface area (Å²) in [6.07, 6.45) is 1.34. The number of sulfonamides is 1. The Labute approximate surface area is 117 Å². The number of piperidine rings is 1. The molecule has 2 heterocycles. The normalized spacial score (nSPS) is 17.7. The molecular formula is C12H18N2O3S2. The second-order valence-electron chi connectivity index (χ2n) is 4.77. The third kappa shape index (κ3) is 3.55. The number of rotatable bonds is 3. The van der Waals surface area contributed by atoms with Crippen molar-refractivity contribution >= 4 is 27.3 Å². The van der Waals surface area contributed by atoms with Gasteiger partial charge in [-0.2, -0.15) is 0 Å². The van der Waals surface area contributed by atoms with E-state index >= 15 is 0 Å². The Morgan fingerprint density at radius 1 is 1.37 bits per heavy atom. The van der Waals surface area contributed by atoms with Crippen LogP contribution >= 0.6 is 11.3 Å². The molecule has 2 rings (SSSR count). The molecule has 1 amide bonds. The molecule has 106 valence electrons. The minimum Gasteiger partial charge on any atom is -0.343 e. The van der Waals surface area contributed by atoms with Gasteiger partial charge in [-0.05, 0) is 31.9 Å². The summed E-state index contributed by atoms with van der Waals surface area (Å²) < 4.78 is 27.4. The molecule has 1 aliphatic heterocycles. The van der Waals surface area contributed by atoms with Crippen LogP contribution in [-0.4, -0.2) is 38.4 Å². The fourth-order valence-corrected chi connectivity index (χ4v) is 4.75. The number of carbonyl (C=O) groups excluding carboxylic acids is 1. The zero-order chi connectivity index (χ0) is 14.0. The van der Waals surface area contributed by atoms with Crippen LogP contribution in [0, 0.1) is 6.92 Å². The fourth-order valence-electron chi connectivity index (χ4n) is 2.15. The molecular weight excluding hydrogens is 284 g/mol. The van der Waals surface area contributed by atoms with Gasteiger partial charge in [0, 0.05) is 30.9 Å². The maximum absolute atomic E-state index is 12.1. The molecule has 0 radical (unpaired) electrons. The first kappa shape index (κ1) is 14.5. The van der Waals surface area contributed by atoms with Crippen molar-refractivity contribution in [3.8, 4) is 0 Å². The maximum atomic E-state index is 12.1. The fraction of sp³-hybridized carbons (Fsp3) is 0.583. The Bertz CT molecular complexity index is 557. The summed E-state index contributed by atoms with van der Waals surface area (Å²) in [5.74, 6) is 0.0511. The van der Waals surface area contributed by atoms with Gasteiger partial charge in [0.15, 0.2) is 0 Å². The number of hydrogen-bond donors (Lipinski definition) is 1. The van der Waals surface area contributed by atoms with Gasteiger partial charge in [-0.15, -0.1) is 11.3 Å². The van der Waals surface area contributed by atoms with Crippen LogP contribution in [0.5, 0.6) is 0 Å². The molecule has 1 aromatic heterocycles. The van der Waals surface area contributed by atoms with Crippen LogP contribution in [0.1, 0.15) is 24.6 Å². The van der Waals surface area contributed by atoms with Crippen molar-refractivity contribution in [3.05, 3.63) is 17.0 Å². The zero-order valence-corrected chi connectivity index (χ0v) is 12.7. The van der Waals surface area contributed by atoms with E-state index in [1.165, 1.54) is 11.3 Å². The highest BCUT2D eigenvalue weighted by Gasteiger charge is 2.26. The summed E-state index contributed by atoms with van der Waals surface area (Å²) in [5, 5.41) is 0. The van der Waals surface area contributed by atoms with Crippen LogP contribution in [0.4, 0.5) is 0 Å². The molecule has 1 aromatic rings. The number of hydrogen-bond acceptors (Lipinski definition) is 4. The van der Waals surface area contributed by atoms with E-state index in [1.807, 2.05) is 6.92 Å². The number of nitrogens with zero attached hydrogens (tertiary/aromatic N) is 1. The van der Waals surface area contributed by atoms with Crippen LogP contribution in [0.15, 0.2) is 16.3 Å². The Balaban J connectivity index is 1.97. The lowest BCUT2D eigenvalue weighted by atomic mass is 10.1. The molecule has 0 bridgehead atoms. The van der Waals surface area contributed by atoms with Crippen LogP contribution < -0.4 is 4.72 Å². The van der Waals surface area contributed by atoms with Crippen molar-refractivity contribution in [2.45, 2.75) is 36.9 Å². The van der Waals surface area contributed by atoms with Gasteiger partial charge >= 0.3 is 0 Å².